The van der Waals surface area contributed by atoms with E-state index in [-0.39, 0.29) is 10.8 Å². The van der Waals surface area contributed by atoms with E-state index in [1.165, 1.54) is 38.4 Å². The van der Waals surface area contributed by atoms with Gasteiger partial charge < -0.3 is 0 Å². The van der Waals surface area contributed by atoms with Crippen molar-refractivity contribution in [3.05, 3.63) is 77.4 Å². The topological polar surface area (TPSA) is 12.9 Å². The smallest absolute Gasteiger partial charge is 0.0756 e. The van der Waals surface area contributed by atoms with Crippen LogP contribution in [-0.4, -0.2) is 4.98 Å². The molecule has 0 saturated heterocycles. The van der Waals surface area contributed by atoms with Gasteiger partial charge in [0.15, 0.2) is 0 Å². The lowest BCUT2D eigenvalue weighted by atomic mass is 9.69. The highest BCUT2D eigenvalue weighted by atomic mass is 14.7. The number of rotatable bonds is 0. The Morgan fingerprint density at radius 1 is 0.815 bits per heavy atom. The summed E-state index contributed by atoms with van der Waals surface area (Å²) < 4.78 is 0. The highest BCUT2D eigenvalue weighted by Gasteiger charge is 2.35. The van der Waals surface area contributed by atoms with E-state index >= 15 is 0 Å². The van der Waals surface area contributed by atoms with Crippen LogP contribution in [-0.2, 0) is 10.8 Å². The Bertz CT molecular complexity index is 1220. The summed E-state index contributed by atoms with van der Waals surface area (Å²) in [6.45, 7) is 11.5. The molecule has 0 aliphatic heterocycles. The minimum Gasteiger partial charge on any atom is -0.247 e. The van der Waals surface area contributed by atoms with Crippen molar-refractivity contribution in [2.75, 3.05) is 0 Å². The number of hydrogen-bond donors (Lipinski definition) is 0. The molecule has 5 rings (SSSR count). The van der Waals surface area contributed by atoms with Crippen LogP contribution in [0.4, 0.5) is 0 Å². The molecule has 3 aromatic carbocycles. The van der Waals surface area contributed by atoms with E-state index < -0.39 is 0 Å². The van der Waals surface area contributed by atoms with E-state index in [9.17, 15) is 0 Å². The quantitative estimate of drug-likeness (QED) is 0.332. The molecule has 4 aromatic rings. The maximum Gasteiger partial charge on any atom is 0.0756 e. The van der Waals surface area contributed by atoms with Gasteiger partial charge in [0.1, 0.15) is 0 Å². The molecule has 1 aliphatic rings. The summed E-state index contributed by atoms with van der Waals surface area (Å²) in [5.41, 5.74) is 7.61. The molecular weight excluding hydrogens is 326 g/mol. The number of nitrogens with zero attached hydrogens (tertiary/aromatic N) is 1. The third kappa shape index (κ3) is 2.21. The molecule has 0 atom stereocenters. The molecule has 1 heterocycles. The normalized spacial score (nSPS) is 15.1. The van der Waals surface area contributed by atoms with Gasteiger partial charge in [-0.3, -0.25) is 0 Å². The zero-order valence-electron chi connectivity index (χ0n) is 16.7. The molecule has 27 heavy (non-hydrogen) atoms. The molecule has 0 amide bonds. The van der Waals surface area contributed by atoms with Crippen molar-refractivity contribution in [2.45, 2.75) is 45.4 Å². The van der Waals surface area contributed by atoms with Gasteiger partial charge in [0.05, 0.1) is 11.2 Å². The fourth-order valence-corrected chi connectivity index (χ4v) is 4.74. The van der Waals surface area contributed by atoms with Crippen molar-refractivity contribution in [1.82, 2.24) is 4.98 Å². The molecule has 1 aromatic heterocycles. The third-order valence-corrected chi connectivity index (χ3v) is 6.17. The molecule has 0 radical (unpaired) electrons. The summed E-state index contributed by atoms with van der Waals surface area (Å²) >= 11 is 0. The second-order valence-corrected chi connectivity index (χ2v) is 9.34. The maximum absolute atomic E-state index is 5.21. The largest absolute Gasteiger partial charge is 0.247 e. The second kappa shape index (κ2) is 5.19. The van der Waals surface area contributed by atoms with Gasteiger partial charge in [-0.25, -0.2) is 4.98 Å². The molecule has 1 aliphatic carbocycles. The van der Waals surface area contributed by atoms with E-state index in [0.29, 0.717) is 0 Å². The number of aromatic nitrogens is 1. The van der Waals surface area contributed by atoms with Gasteiger partial charge in [-0.15, -0.1) is 0 Å². The monoisotopic (exact) mass is 351 g/mol. The van der Waals surface area contributed by atoms with Gasteiger partial charge in [0, 0.05) is 16.4 Å². The van der Waals surface area contributed by atoms with Crippen LogP contribution in [0.1, 0.15) is 51.3 Å². The highest BCUT2D eigenvalue weighted by molar-refractivity contribution is 6.03. The van der Waals surface area contributed by atoms with Crippen LogP contribution in [0.5, 0.6) is 0 Å². The lowest BCUT2D eigenvalue weighted by Gasteiger charge is -2.35. The maximum atomic E-state index is 5.21. The number of hydrogen-bond acceptors (Lipinski definition) is 1. The molecule has 0 unspecified atom stereocenters. The Morgan fingerprint density at radius 3 is 2.26 bits per heavy atom. The van der Waals surface area contributed by atoms with Crippen molar-refractivity contribution in [1.29, 1.82) is 0 Å². The molecule has 1 nitrogen and oxygen atoms in total. The zero-order valence-corrected chi connectivity index (χ0v) is 16.7. The van der Waals surface area contributed by atoms with E-state index in [1.54, 1.807) is 0 Å². The zero-order chi connectivity index (χ0) is 19.0. The van der Waals surface area contributed by atoms with Gasteiger partial charge in [0.25, 0.3) is 0 Å². The van der Waals surface area contributed by atoms with Crippen LogP contribution >= 0.6 is 0 Å². The van der Waals surface area contributed by atoms with Crippen LogP contribution < -0.4 is 0 Å². The fraction of sp³-hybridized carbons (Fsp3) is 0.269. The van der Waals surface area contributed by atoms with Gasteiger partial charge in [-0.1, -0.05) is 83.1 Å². The van der Waals surface area contributed by atoms with E-state index in [2.05, 4.69) is 95.3 Å². The molecule has 134 valence electrons. The fourth-order valence-electron chi connectivity index (χ4n) is 4.74. The summed E-state index contributed by atoms with van der Waals surface area (Å²) in [5, 5.41) is 3.94. The Hall–Kier alpha value is -2.67. The van der Waals surface area contributed by atoms with Crippen LogP contribution in [0.2, 0.25) is 0 Å². The predicted octanol–water partition coefficient (Wildman–Crippen LogP) is 6.99. The molecule has 0 fully saturated rings. The second-order valence-electron chi connectivity index (χ2n) is 9.34. The molecule has 0 N–H and O–H groups in total. The summed E-state index contributed by atoms with van der Waals surface area (Å²) in [4.78, 5) is 5.21. The van der Waals surface area contributed by atoms with Gasteiger partial charge in [-0.05, 0) is 45.0 Å². The average Bonchev–Trinajstić information content (AvgIpc) is 2.63. The summed E-state index contributed by atoms with van der Waals surface area (Å²) in [5.74, 6) is 0. The molecule has 1 heteroatoms. The molecule has 0 spiro atoms. The molecule has 0 bridgehead atoms. The van der Waals surface area contributed by atoms with Crippen LogP contribution in [0.15, 0.2) is 60.7 Å². The van der Waals surface area contributed by atoms with Crippen molar-refractivity contribution in [2.24, 2.45) is 0 Å². The minimum atomic E-state index is -0.0740. The predicted molar refractivity (Wildman–Crippen MR) is 116 cm³/mol. The Morgan fingerprint density at radius 2 is 1.52 bits per heavy atom. The lowest BCUT2D eigenvalue weighted by molar-refractivity contribution is 0.595. The first-order valence-corrected chi connectivity index (χ1v) is 9.76. The van der Waals surface area contributed by atoms with Crippen molar-refractivity contribution >= 4 is 21.7 Å². The van der Waals surface area contributed by atoms with Gasteiger partial charge in [-0.2, -0.15) is 0 Å². The summed E-state index contributed by atoms with van der Waals surface area (Å²) in [6, 6.07) is 22.2. The third-order valence-electron chi connectivity index (χ3n) is 6.17. The molecular formula is C26H25N. The minimum absolute atomic E-state index is 0.0740. The first-order chi connectivity index (χ1) is 12.8. The van der Waals surface area contributed by atoms with Crippen LogP contribution in [0, 0.1) is 0 Å². The first-order valence-electron chi connectivity index (χ1n) is 9.76. The lowest BCUT2D eigenvalue weighted by Crippen LogP contribution is -2.24. The SMILES string of the molecule is CC(C)(C)c1cccc2nc3c(cc12)C(C)(C)c1cccc2cccc-3c12. The Labute approximate surface area is 161 Å². The van der Waals surface area contributed by atoms with Gasteiger partial charge >= 0.3 is 0 Å². The summed E-state index contributed by atoms with van der Waals surface area (Å²) in [6.07, 6.45) is 0. The van der Waals surface area contributed by atoms with Gasteiger partial charge in [0.2, 0.25) is 0 Å². The highest BCUT2D eigenvalue weighted by Crippen LogP contribution is 2.48. The van der Waals surface area contributed by atoms with Crippen LogP contribution in [0.25, 0.3) is 32.9 Å². The van der Waals surface area contributed by atoms with E-state index in [4.69, 9.17) is 4.98 Å². The van der Waals surface area contributed by atoms with Crippen molar-refractivity contribution in [3.8, 4) is 11.3 Å². The standard InChI is InChI=1S/C26H25N/c1-25(2,3)19-12-8-14-22-18(19)15-21-24(27-22)17-11-6-9-16-10-7-13-20(23(16)17)26(21,4)5/h6-15H,1-5H3. The van der Waals surface area contributed by atoms with E-state index in [1.807, 2.05) is 0 Å². The number of fused-ring (bicyclic) bond motifs is 3. The number of benzene rings is 3. The summed E-state index contributed by atoms with van der Waals surface area (Å²) in [7, 11) is 0. The van der Waals surface area contributed by atoms with Crippen LogP contribution in [0.3, 0.4) is 0 Å². The average molecular weight is 351 g/mol. The van der Waals surface area contributed by atoms with Crippen molar-refractivity contribution in [3.63, 3.8) is 0 Å². The van der Waals surface area contributed by atoms with Crippen molar-refractivity contribution < 1.29 is 0 Å². The number of pyridine rings is 1. The molecule has 0 saturated carbocycles. The first kappa shape index (κ1) is 16.5. The van der Waals surface area contributed by atoms with E-state index in [0.717, 1.165) is 11.2 Å². The Balaban J connectivity index is 1.96. The Kier molecular flexibility index (Phi) is 3.17.